The fourth-order valence-electron chi connectivity index (χ4n) is 5.32. The van der Waals surface area contributed by atoms with Crippen molar-refractivity contribution in [1.82, 2.24) is 25.3 Å². The molecule has 2 aromatic heterocycles. The summed E-state index contributed by atoms with van der Waals surface area (Å²) in [5.74, 6) is -0.802. The maximum atomic E-state index is 12.1. The molecule has 2 aromatic carbocycles. The number of carbonyl (C=O) groups is 3. The fourth-order valence-corrected chi connectivity index (χ4v) is 5.70. The molecule has 6 rings (SSSR count). The van der Waals surface area contributed by atoms with E-state index in [1.165, 1.54) is 18.0 Å². The predicted molar refractivity (Wildman–Crippen MR) is 173 cm³/mol. The van der Waals surface area contributed by atoms with Crippen molar-refractivity contribution in [2.45, 2.75) is 55.8 Å². The number of halogens is 4. The Kier molecular flexibility index (Phi) is 10.7. The molecule has 244 valence electrons. The highest BCUT2D eigenvalue weighted by molar-refractivity contribution is 6.30. The second-order valence-electron chi connectivity index (χ2n) is 11.8. The Labute approximate surface area is 280 Å². The van der Waals surface area contributed by atoms with E-state index in [0.717, 1.165) is 48.5 Å². The molecule has 2 saturated carbocycles. The molecule has 3 N–H and O–H groups in total. The molecule has 2 aliphatic rings. The van der Waals surface area contributed by atoms with Crippen molar-refractivity contribution in [3.63, 3.8) is 0 Å². The van der Waals surface area contributed by atoms with Gasteiger partial charge in [-0.3, -0.25) is 14.4 Å². The SMILES string of the molecule is NCC(=O)c1cnc(CC2(c3cccc(Cl)c3)CC2)nc1.O=C(CNC(=O)C(F)F)c1cnc(CC2(c3cccc(Cl)c3)CC2)nc1. The number of nitrogens with two attached hydrogens (primary N) is 1. The van der Waals surface area contributed by atoms with Crippen LogP contribution in [0.4, 0.5) is 8.78 Å². The van der Waals surface area contributed by atoms with E-state index in [1.54, 1.807) is 12.4 Å². The van der Waals surface area contributed by atoms with Crippen LogP contribution < -0.4 is 11.1 Å². The number of Topliss-reactive ketones (excluding diaryl/α,β-unsaturated/α-hetero) is 2. The molecule has 0 radical (unpaired) electrons. The lowest BCUT2D eigenvalue weighted by atomic mass is 9.92. The minimum atomic E-state index is -3.15. The molecule has 2 heterocycles. The van der Waals surface area contributed by atoms with Gasteiger partial charge >= 0.3 is 6.43 Å². The highest BCUT2D eigenvalue weighted by Crippen LogP contribution is 2.51. The fraction of sp³-hybridized carbons (Fsp3) is 0.324. The first-order valence-electron chi connectivity index (χ1n) is 15.0. The van der Waals surface area contributed by atoms with Crippen molar-refractivity contribution in [2.75, 3.05) is 13.1 Å². The Morgan fingerprint density at radius 3 is 1.53 bits per heavy atom. The van der Waals surface area contributed by atoms with E-state index < -0.39 is 24.7 Å². The first-order valence-corrected chi connectivity index (χ1v) is 15.7. The molecule has 9 nitrogen and oxygen atoms in total. The largest absolute Gasteiger partial charge is 0.344 e. The van der Waals surface area contributed by atoms with Crippen LogP contribution in [0.25, 0.3) is 0 Å². The van der Waals surface area contributed by atoms with Gasteiger partial charge in [-0.2, -0.15) is 8.78 Å². The molecule has 0 atom stereocenters. The third-order valence-corrected chi connectivity index (χ3v) is 8.91. The topological polar surface area (TPSA) is 141 Å². The molecule has 0 unspecified atom stereocenters. The molecule has 0 saturated heterocycles. The number of hydrogen-bond donors (Lipinski definition) is 2. The van der Waals surface area contributed by atoms with Crippen LogP contribution in [0.5, 0.6) is 0 Å². The van der Waals surface area contributed by atoms with E-state index in [1.807, 2.05) is 47.8 Å². The molecule has 13 heteroatoms. The lowest BCUT2D eigenvalue weighted by Crippen LogP contribution is -2.34. The molecule has 4 aromatic rings. The second-order valence-corrected chi connectivity index (χ2v) is 12.7. The zero-order chi connectivity index (χ0) is 33.6. The lowest BCUT2D eigenvalue weighted by Gasteiger charge is -2.15. The predicted octanol–water partition coefficient (Wildman–Crippen LogP) is 5.51. The number of nitrogens with zero attached hydrogens (tertiary/aromatic N) is 4. The Morgan fingerprint density at radius 1 is 0.745 bits per heavy atom. The number of rotatable bonds is 12. The molecule has 0 spiro atoms. The number of amides is 1. The molecule has 0 bridgehead atoms. The molecule has 47 heavy (non-hydrogen) atoms. The van der Waals surface area contributed by atoms with Crippen LogP contribution in [0.1, 0.15) is 69.2 Å². The normalized spacial score (nSPS) is 15.3. The summed E-state index contributed by atoms with van der Waals surface area (Å²) in [6.45, 7) is -0.534. The minimum absolute atomic E-state index is 0.0187. The first-order chi connectivity index (χ1) is 22.5. The quantitative estimate of drug-likeness (QED) is 0.187. The standard InChI is InChI=1S/C18H16ClF2N3O2.C16H16ClN3O/c19-13-3-1-2-12(6-13)18(4-5-18)7-15-22-8-11(9-23-15)14(25)10-24-17(26)16(20)21;17-13-3-1-2-12(6-13)16(4-5-16)7-15-19-9-11(10-20-15)14(21)8-18/h1-3,6,8-9,16H,4-5,7,10H2,(H,24,26);1-3,6,9-10H,4-5,7-8,18H2. The average Bonchev–Trinajstić information content (AvgIpc) is 4.02. The summed E-state index contributed by atoms with van der Waals surface area (Å²) < 4.78 is 24.2. The monoisotopic (exact) mass is 680 g/mol. The molecule has 1 amide bonds. The minimum Gasteiger partial charge on any atom is -0.344 e. The summed E-state index contributed by atoms with van der Waals surface area (Å²) in [5, 5.41) is 3.30. The van der Waals surface area contributed by atoms with Crippen LogP contribution in [0.2, 0.25) is 10.0 Å². The molecule has 2 aliphatic carbocycles. The van der Waals surface area contributed by atoms with Crippen LogP contribution in [0, 0.1) is 0 Å². The van der Waals surface area contributed by atoms with Gasteiger partial charge in [-0.1, -0.05) is 47.5 Å². The van der Waals surface area contributed by atoms with Gasteiger partial charge in [0.15, 0.2) is 11.6 Å². The number of nitrogens with one attached hydrogen (secondary N) is 1. The van der Waals surface area contributed by atoms with Crippen molar-refractivity contribution in [1.29, 1.82) is 0 Å². The highest BCUT2D eigenvalue weighted by atomic mass is 35.5. The van der Waals surface area contributed by atoms with Gasteiger partial charge in [0.05, 0.1) is 24.2 Å². The molecule has 0 aliphatic heterocycles. The van der Waals surface area contributed by atoms with Gasteiger partial charge in [-0.15, -0.1) is 0 Å². The Bertz CT molecular complexity index is 1750. The van der Waals surface area contributed by atoms with Gasteiger partial charge in [0.1, 0.15) is 11.6 Å². The number of hydrogen-bond acceptors (Lipinski definition) is 8. The van der Waals surface area contributed by atoms with Gasteiger partial charge in [-0.25, -0.2) is 19.9 Å². The highest BCUT2D eigenvalue weighted by Gasteiger charge is 2.45. The number of aromatic nitrogens is 4. The van der Waals surface area contributed by atoms with Crippen molar-refractivity contribution in [3.8, 4) is 0 Å². The summed E-state index contributed by atoms with van der Waals surface area (Å²) >= 11 is 12.1. The van der Waals surface area contributed by atoms with Gasteiger partial charge in [0.25, 0.3) is 5.91 Å². The summed E-state index contributed by atoms with van der Waals surface area (Å²) in [7, 11) is 0. The van der Waals surface area contributed by atoms with E-state index >= 15 is 0 Å². The van der Waals surface area contributed by atoms with E-state index in [9.17, 15) is 23.2 Å². The van der Waals surface area contributed by atoms with Crippen LogP contribution in [0.3, 0.4) is 0 Å². The van der Waals surface area contributed by atoms with E-state index in [0.29, 0.717) is 22.8 Å². The summed E-state index contributed by atoms with van der Waals surface area (Å²) in [5.41, 5.74) is 8.41. The van der Waals surface area contributed by atoms with Crippen LogP contribution >= 0.6 is 23.2 Å². The Morgan fingerprint density at radius 2 is 1.17 bits per heavy atom. The number of carbonyl (C=O) groups excluding carboxylic acids is 3. The summed E-state index contributed by atoms with van der Waals surface area (Å²) in [4.78, 5) is 51.2. The van der Waals surface area contributed by atoms with Gasteiger partial charge < -0.3 is 11.1 Å². The van der Waals surface area contributed by atoms with Crippen molar-refractivity contribution < 1.29 is 23.2 Å². The van der Waals surface area contributed by atoms with E-state index in [2.05, 4.69) is 26.0 Å². The number of alkyl halides is 2. The van der Waals surface area contributed by atoms with Crippen molar-refractivity contribution >= 4 is 40.7 Å². The van der Waals surface area contributed by atoms with E-state index in [-0.39, 0.29) is 28.7 Å². The zero-order valence-electron chi connectivity index (χ0n) is 25.3. The maximum absolute atomic E-state index is 12.1. The smallest absolute Gasteiger partial charge is 0.315 e. The van der Waals surface area contributed by atoms with Crippen LogP contribution in [-0.2, 0) is 28.5 Å². The lowest BCUT2D eigenvalue weighted by molar-refractivity contribution is -0.131. The Hall–Kier alpha value is -4.19. The molecular formula is C34H32Cl2F2N6O3. The number of ketones is 2. The third-order valence-electron chi connectivity index (χ3n) is 8.44. The third kappa shape index (κ3) is 8.79. The van der Waals surface area contributed by atoms with E-state index in [4.69, 9.17) is 28.9 Å². The summed E-state index contributed by atoms with van der Waals surface area (Å²) in [6, 6.07) is 15.7. The Balaban J connectivity index is 0.000000189. The summed E-state index contributed by atoms with van der Waals surface area (Å²) in [6.07, 6.45) is 8.32. The van der Waals surface area contributed by atoms with Gasteiger partial charge in [-0.05, 0) is 61.1 Å². The van der Waals surface area contributed by atoms with Gasteiger partial charge in [0.2, 0.25) is 0 Å². The second kappa shape index (κ2) is 14.7. The number of benzene rings is 2. The molecule has 2 fully saturated rings. The van der Waals surface area contributed by atoms with Gasteiger partial charge in [0, 0.05) is 58.5 Å². The van der Waals surface area contributed by atoms with Crippen LogP contribution in [-0.4, -0.2) is 56.9 Å². The zero-order valence-corrected chi connectivity index (χ0v) is 26.8. The van der Waals surface area contributed by atoms with Crippen molar-refractivity contribution in [3.05, 3.63) is 117 Å². The van der Waals surface area contributed by atoms with Crippen molar-refractivity contribution in [2.24, 2.45) is 5.73 Å². The van der Waals surface area contributed by atoms with Crippen LogP contribution in [0.15, 0.2) is 73.3 Å². The first kappa shape index (κ1) is 34.2. The maximum Gasteiger partial charge on any atom is 0.315 e. The molecular weight excluding hydrogens is 649 g/mol. The average molecular weight is 682 g/mol.